The topological polar surface area (TPSA) is 86.5 Å². The van der Waals surface area contributed by atoms with Gasteiger partial charge in [-0.2, -0.15) is 5.26 Å². The molecule has 1 aliphatic heterocycles. The third-order valence-corrected chi connectivity index (χ3v) is 2.96. The van der Waals surface area contributed by atoms with Crippen LogP contribution in [0.1, 0.15) is 18.4 Å². The second-order valence-electron chi connectivity index (χ2n) is 4.07. The van der Waals surface area contributed by atoms with Crippen molar-refractivity contribution in [2.75, 3.05) is 13.2 Å². The van der Waals surface area contributed by atoms with Crippen LogP contribution >= 0.6 is 0 Å². The van der Waals surface area contributed by atoms with Crippen LogP contribution in [0.25, 0.3) is 0 Å². The number of hydrogen-bond acceptors (Lipinski definition) is 4. The minimum Gasteiger partial charge on any atom is -0.488 e. The number of aromatic nitrogens is 1. The minimum atomic E-state index is -0.923. The number of pyridine rings is 1. The normalized spacial score (nSPS) is 18.4. The van der Waals surface area contributed by atoms with Gasteiger partial charge in [-0.25, -0.2) is 4.79 Å². The van der Waals surface area contributed by atoms with Gasteiger partial charge in [-0.15, -0.1) is 0 Å². The van der Waals surface area contributed by atoms with Crippen LogP contribution < -0.4 is 4.74 Å². The molecule has 0 unspecified atom stereocenters. The lowest BCUT2D eigenvalue weighted by molar-refractivity contribution is 0.123. The fourth-order valence-corrected chi connectivity index (χ4v) is 2.03. The van der Waals surface area contributed by atoms with Gasteiger partial charge in [0, 0.05) is 12.7 Å². The van der Waals surface area contributed by atoms with E-state index in [2.05, 4.69) is 4.98 Å². The molecule has 1 amide bonds. The van der Waals surface area contributed by atoms with Gasteiger partial charge in [-0.3, -0.25) is 4.98 Å². The van der Waals surface area contributed by atoms with Crippen LogP contribution in [0.5, 0.6) is 5.75 Å². The number of hydrogen-bond donors (Lipinski definition) is 1. The Morgan fingerprint density at radius 3 is 3.28 bits per heavy atom. The molecule has 0 spiro atoms. The molecule has 2 heterocycles. The standard InChI is InChI=1S/C12H13N3O3/c13-6-9-3-4-14-7-11(9)18-8-10-2-1-5-15(10)12(16)17/h3-4,7,10H,1-2,5,8H2,(H,16,17)/t10-/m0/s1. The van der Waals surface area contributed by atoms with E-state index < -0.39 is 6.09 Å². The Morgan fingerprint density at radius 2 is 2.56 bits per heavy atom. The van der Waals surface area contributed by atoms with Crippen molar-refractivity contribution in [1.82, 2.24) is 9.88 Å². The van der Waals surface area contributed by atoms with E-state index in [0.29, 0.717) is 17.9 Å². The molecule has 1 aliphatic rings. The number of nitrogens with zero attached hydrogens (tertiary/aromatic N) is 3. The summed E-state index contributed by atoms with van der Waals surface area (Å²) in [6.07, 6.45) is 3.70. The first kappa shape index (κ1) is 12.2. The number of likely N-dealkylation sites (tertiary alicyclic amines) is 1. The Balaban J connectivity index is 1.99. The van der Waals surface area contributed by atoms with Crippen molar-refractivity contribution in [2.45, 2.75) is 18.9 Å². The van der Waals surface area contributed by atoms with E-state index >= 15 is 0 Å². The summed E-state index contributed by atoms with van der Waals surface area (Å²) in [7, 11) is 0. The van der Waals surface area contributed by atoms with Crippen molar-refractivity contribution in [3.8, 4) is 11.8 Å². The van der Waals surface area contributed by atoms with Gasteiger partial charge in [0.25, 0.3) is 0 Å². The maximum absolute atomic E-state index is 11.0. The molecular weight excluding hydrogens is 234 g/mol. The zero-order valence-corrected chi connectivity index (χ0v) is 9.74. The molecule has 1 atom stereocenters. The van der Waals surface area contributed by atoms with Gasteiger partial charge in [0.05, 0.1) is 17.8 Å². The Labute approximate surface area is 104 Å². The SMILES string of the molecule is N#Cc1ccncc1OC[C@@H]1CCCN1C(=O)O. The molecule has 0 bridgehead atoms. The molecule has 6 heteroatoms. The fourth-order valence-electron chi connectivity index (χ4n) is 2.03. The number of nitriles is 1. The molecule has 94 valence electrons. The highest BCUT2D eigenvalue weighted by atomic mass is 16.5. The van der Waals surface area contributed by atoms with Crippen LogP contribution in [0, 0.1) is 11.3 Å². The summed E-state index contributed by atoms with van der Waals surface area (Å²) in [5, 5.41) is 17.9. The summed E-state index contributed by atoms with van der Waals surface area (Å²) in [5.41, 5.74) is 0.407. The largest absolute Gasteiger partial charge is 0.488 e. The third kappa shape index (κ3) is 2.51. The molecular formula is C12H13N3O3. The molecule has 0 aliphatic carbocycles. The first-order valence-corrected chi connectivity index (χ1v) is 5.69. The summed E-state index contributed by atoms with van der Waals surface area (Å²) < 4.78 is 5.50. The summed E-state index contributed by atoms with van der Waals surface area (Å²) in [4.78, 5) is 16.2. The van der Waals surface area contributed by atoms with Crippen molar-refractivity contribution in [1.29, 1.82) is 5.26 Å². The summed E-state index contributed by atoms with van der Waals surface area (Å²) in [5.74, 6) is 0.400. The molecule has 0 saturated carbocycles. The zero-order chi connectivity index (χ0) is 13.0. The van der Waals surface area contributed by atoms with Crippen molar-refractivity contribution in [2.24, 2.45) is 0 Å². The van der Waals surface area contributed by atoms with Gasteiger partial charge in [0.1, 0.15) is 12.7 Å². The van der Waals surface area contributed by atoms with E-state index in [0.717, 1.165) is 12.8 Å². The van der Waals surface area contributed by atoms with Gasteiger partial charge >= 0.3 is 6.09 Å². The average Bonchev–Trinajstić information content (AvgIpc) is 2.85. The van der Waals surface area contributed by atoms with Crippen LogP contribution in [0.15, 0.2) is 18.5 Å². The smallest absolute Gasteiger partial charge is 0.407 e. The van der Waals surface area contributed by atoms with Gasteiger partial charge in [-0.05, 0) is 18.9 Å². The number of rotatable bonds is 3. The quantitative estimate of drug-likeness (QED) is 0.874. The molecule has 0 radical (unpaired) electrons. The second kappa shape index (κ2) is 5.36. The van der Waals surface area contributed by atoms with Crippen LogP contribution in [0.3, 0.4) is 0 Å². The molecule has 6 nitrogen and oxygen atoms in total. The monoisotopic (exact) mass is 247 g/mol. The lowest BCUT2D eigenvalue weighted by Crippen LogP contribution is -2.38. The van der Waals surface area contributed by atoms with Crippen molar-refractivity contribution < 1.29 is 14.6 Å². The van der Waals surface area contributed by atoms with E-state index in [1.807, 2.05) is 6.07 Å². The molecule has 2 rings (SSSR count). The molecule has 18 heavy (non-hydrogen) atoms. The van der Waals surface area contributed by atoms with Crippen molar-refractivity contribution >= 4 is 6.09 Å². The Morgan fingerprint density at radius 1 is 1.72 bits per heavy atom. The number of carboxylic acid groups (broad SMARTS) is 1. The highest BCUT2D eigenvalue weighted by molar-refractivity contribution is 5.65. The van der Waals surface area contributed by atoms with Gasteiger partial charge in [0.15, 0.2) is 5.75 Å². The van der Waals surface area contributed by atoms with E-state index in [9.17, 15) is 4.79 Å². The predicted molar refractivity (Wildman–Crippen MR) is 62.2 cm³/mol. The molecule has 1 saturated heterocycles. The van der Waals surface area contributed by atoms with E-state index in [4.69, 9.17) is 15.1 Å². The maximum atomic E-state index is 11.0. The number of ether oxygens (including phenoxy) is 1. The first-order chi connectivity index (χ1) is 8.72. The van der Waals surface area contributed by atoms with E-state index in [1.165, 1.54) is 17.3 Å². The van der Waals surface area contributed by atoms with Crippen LogP contribution in [0.4, 0.5) is 4.79 Å². The van der Waals surface area contributed by atoms with Gasteiger partial charge in [-0.1, -0.05) is 0 Å². The van der Waals surface area contributed by atoms with Crippen LogP contribution in [0.2, 0.25) is 0 Å². The van der Waals surface area contributed by atoms with Gasteiger partial charge in [0.2, 0.25) is 0 Å². The third-order valence-electron chi connectivity index (χ3n) is 2.96. The van der Waals surface area contributed by atoms with E-state index in [-0.39, 0.29) is 12.6 Å². The molecule has 1 aromatic heterocycles. The summed E-state index contributed by atoms with van der Waals surface area (Å²) in [6.45, 7) is 0.800. The van der Waals surface area contributed by atoms with Gasteiger partial charge < -0.3 is 14.7 Å². The maximum Gasteiger partial charge on any atom is 0.407 e. The lowest BCUT2D eigenvalue weighted by atomic mass is 10.2. The molecule has 1 N–H and O–H groups in total. The average molecular weight is 247 g/mol. The predicted octanol–water partition coefficient (Wildman–Crippen LogP) is 1.47. The lowest BCUT2D eigenvalue weighted by Gasteiger charge is -2.21. The van der Waals surface area contributed by atoms with Crippen LogP contribution in [-0.4, -0.2) is 40.3 Å². The van der Waals surface area contributed by atoms with Crippen molar-refractivity contribution in [3.63, 3.8) is 0 Å². The van der Waals surface area contributed by atoms with Crippen LogP contribution in [-0.2, 0) is 0 Å². The Bertz CT molecular complexity index is 484. The Kier molecular flexibility index (Phi) is 3.63. The molecule has 1 aromatic rings. The molecule has 0 aromatic carbocycles. The highest BCUT2D eigenvalue weighted by Gasteiger charge is 2.29. The first-order valence-electron chi connectivity index (χ1n) is 5.69. The highest BCUT2D eigenvalue weighted by Crippen LogP contribution is 2.20. The minimum absolute atomic E-state index is 0.144. The number of amides is 1. The van der Waals surface area contributed by atoms with E-state index in [1.54, 1.807) is 6.07 Å². The summed E-state index contributed by atoms with van der Waals surface area (Å²) in [6, 6.07) is 3.43. The zero-order valence-electron chi connectivity index (χ0n) is 9.74. The second-order valence-corrected chi connectivity index (χ2v) is 4.07. The Hall–Kier alpha value is -2.29. The van der Waals surface area contributed by atoms with Crippen molar-refractivity contribution in [3.05, 3.63) is 24.0 Å². The number of carbonyl (C=O) groups is 1. The molecule has 1 fully saturated rings. The fraction of sp³-hybridized carbons (Fsp3) is 0.417. The summed E-state index contributed by atoms with van der Waals surface area (Å²) >= 11 is 0.